The van der Waals surface area contributed by atoms with E-state index in [-0.39, 0.29) is 22.7 Å². The van der Waals surface area contributed by atoms with E-state index in [4.69, 9.17) is 4.74 Å². The number of carbonyl (C=O) groups is 1. The zero-order valence-electron chi connectivity index (χ0n) is 12.9. The lowest BCUT2D eigenvalue weighted by Crippen LogP contribution is -2.55. The molecular weight excluding hydrogens is 252 g/mol. The monoisotopic (exact) mass is 280 g/mol. The Balaban J connectivity index is 1.68. The predicted octanol–water partition coefficient (Wildman–Crippen LogP) is 3.15. The third-order valence-corrected chi connectivity index (χ3v) is 6.17. The van der Waals surface area contributed by atoms with Gasteiger partial charge in [-0.15, -0.1) is 0 Å². The van der Waals surface area contributed by atoms with E-state index in [1.165, 1.54) is 32.1 Å². The first-order chi connectivity index (χ1) is 9.50. The van der Waals surface area contributed by atoms with Crippen molar-refractivity contribution in [1.82, 2.24) is 0 Å². The minimum absolute atomic E-state index is 0.00992. The van der Waals surface area contributed by atoms with Crippen LogP contribution in [-0.2, 0) is 9.53 Å². The standard InChI is InChI=1S/C17H28O3/c1-3-12(2)15(19)20-11-17-7-13-4-14(8-17)6-16(5-13,9-17)10-18/h12-14,18H,3-11H2,1-2H3. The summed E-state index contributed by atoms with van der Waals surface area (Å²) in [5.74, 6) is 1.48. The highest BCUT2D eigenvalue weighted by Gasteiger charge is 2.57. The number of carbonyl (C=O) groups excluding carboxylic acids is 1. The Morgan fingerprint density at radius 1 is 1.25 bits per heavy atom. The van der Waals surface area contributed by atoms with E-state index in [1.807, 2.05) is 13.8 Å². The van der Waals surface area contributed by atoms with Crippen LogP contribution in [0.2, 0.25) is 0 Å². The first kappa shape index (κ1) is 14.4. The molecule has 0 spiro atoms. The molecule has 4 fully saturated rings. The maximum absolute atomic E-state index is 11.9. The van der Waals surface area contributed by atoms with E-state index in [2.05, 4.69) is 0 Å². The van der Waals surface area contributed by atoms with Crippen molar-refractivity contribution in [2.45, 2.75) is 58.8 Å². The van der Waals surface area contributed by atoms with Crippen LogP contribution in [0, 0.1) is 28.6 Å². The van der Waals surface area contributed by atoms with Crippen molar-refractivity contribution in [3.63, 3.8) is 0 Å². The van der Waals surface area contributed by atoms with Crippen LogP contribution in [0.15, 0.2) is 0 Å². The zero-order valence-corrected chi connectivity index (χ0v) is 12.9. The number of rotatable bonds is 5. The second-order valence-electron chi connectivity index (χ2n) is 8.04. The van der Waals surface area contributed by atoms with Crippen LogP contribution >= 0.6 is 0 Å². The quantitative estimate of drug-likeness (QED) is 0.787. The molecule has 3 heteroatoms. The fourth-order valence-corrected chi connectivity index (χ4v) is 5.54. The van der Waals surface area contributed by atoms with Crippen LogP contribution in [0.25, 0.3) is 0 Å². The van der Waals surface area contributed by atoms with Gasteiger partial charge in [0.05, 0.1) is 12.5 Å². The molecule has 3 atom stereocenters. The van der Waals surface area contributed by atoms with Gasteiger partial charge in [0.25, 0.3) is 0 Å². The van der Waals surface area contributed by atoms with Gasteiger partial charge in [-0.1, -0.05) is 13.8 Å². The molecule has 1 N–H and O–H groups in total. The van der Waals surface area contributed by atoms with Crippen molar-refractivity contribution in [3.05, 3.63) is 0 Å². The average Bonchev–Trinajstić information content (AvgIpc) is 2.42. The normalized spacial score (nSPS) is 43.5. The van der Waals surface area contributed by atoms with Gasteiger partial charge >= 0.3 is 5.97 Å². The van der Waals surface area contributed by atoms with Gasteiger partial charge in [-0.2, -0.15) is 0 Å². The van der Waals surface area contributed by atoms with Gasteiger partial charge < -0.3 is 9.84 Å². The fourth-order valence-electron chi connectivity index (χ4n) is 5.54. The van der Waals surface area contributed by atoms with Gasteiger partial charge in [-0.05, 0) is 62.2 Å². The number of hydrogen-bond donors (Lipinski definition) is 1. The highest BCUT2D eigenvalue weighted by molar-refractivity contribution is 5.71. The molecule has 0 radical (unpaired) electrons. The van der Waals surface area contributed by atoms with E-state index in [1.54, 1.807) is 0 Å². The number of ether oxygens (including phenoxy) is 1. The molecule has 0 aliphatic heterocycles. The molecule has 4 rings (SSSR count). The zero-order chi connectivity index (χ0) is 14.4. The van der Waals surface area contributed by atoms with Gasteiger partial charge in [0.1, 0.15) is 0 Å². The molecule has 3 nitrogen and oxygen atoms in total. The highest BCUT2D eigenvalue weighted by atomic mass is 16.5. The molecule has 4 bridgehead atoms. The second kappa shape index (κ2) is 5.01. The lowest BCUT2D eigenvalue weighted by molar-refractivity contribution is -0.172. The Morgan fingerprint density at radius 3 is 2.40 bits per heavy atom. The number of aliphatic hydroxyl groups is 1. The Bertz CT molecular complexity index is 376. The topological polar surface area (TPSA) is 46.5 Å². The van der Waals surface area contributed by atoms with Crippen LogP contribution in [0.3, 0.4) is 0 Å². The first-order valence-electron chi connectivity index (χ1n) is 8.27. The predicted molar refractivity (Wildman–Crippen MR) is 77.0 cm³/mol. The summed E-state index contributed by atoms with van der Waals surface area (Å²) in [6.07, 6.45) is 8.05. The molecule has 0 aromatic rings. The van der Waals surface area contributed by atoms with Crippen molar-refractivity contribution >= 4 is 5.97 Å². The average molecular weight is 280 g/mol. The molecule has 114 valence electrons. The molecule has 3 unspecified atom stereocenters. The summed E-state index contributed by atoms with van der Waals surface area (Å²) < 4.78 is 5.65. The SMILES string of the molecule is CCC(C)C(=O)OCC12CC3CC(CC(CO)(C3)C1)C2. The summed E-state index contributed by atoms with van der Waals surface area (Å²) in [5.41, 5.74) is 0.322. The molecule has 0 heterocycles. The summed E-state index contributed by atoms with van der Waals surface area (Å²) in [6.45, 7) is 4.88. The van der Waals surface area contributed by atoms with Crippen LogP contribution in [0.1, 0.15) is 58.8 Å². The van der Waals surface area contributed by atoms with E-state index in [0.717, 1.165) is 24.7 Å². The molecule has 0 amide bonds. The van der Waals surface area contributed by atoms with Crippen molar-refractivity contribution in [2.75, 3.05) is 13.2 Å². The lowest BCUT2D eigenvalue weighted by atomic mass is 9.44. The number of hydrogen-bond acceptors (Lipinski definition) is 3. The van der Waals surface area contributed by atoms with E-state index in [0.29, 0.717) is 13.2 Å². The minimum Gasteiger partial charge on any atom is -0.465 e. The third kappa shape index (κ3) is 2.38. The fraction of sp³-hybridized carbons (Fsp3) is 0.941. The summed E-state index contributed by atoms with van der Waals surface area (Å²) in [6, 6.07) is 0. The lowest BCUT2D eigenvalue weighted by Gasteiger charge is -2.61. The summed E-state index contributed by atoms with van der Waals surface area (Å²) in [5, 5.41) is 9.84. The maximum atomic E-state index is 11.9. The Morgan fingerprint density at radius 2 is 1.85 bits per heavy atom. The molecule has 0 aromatic heterocycles. The van der Waals surface area contributed by atoms with Crippen molar-refractivity contribution in [1.29, 1.82) is 0 Å². The van der Waals surface area contributed by atoms with E-state index in [9.17, 15) is 9.90 Å². The van der Waals surface area contributed by atoms with Gasteiger partial charge in [0.2, 0.25) is 0 Å². The molecular formula is C17H28O3. The summed E-state index contributed by atoms with van der Waals surface area (Å²) in [4.78, 5) is 11.9. The van der Waals surface area contributed by atoms with E-state index < -0.39 is 0 Å². The van der Waals surface area contributed by atoms with Crippen LogP contribution < -0.4 is 0 Å². The first-order valence-corrected chi connectivity index (χ1v) is 8.27. The Kier molecular flexibility index (Phi) is 3.60. The largest absolute Gasteiger partial charge is 0.465 e. The van der Waals surface area contributed by atoms with Crippen molar-refractivity contribution < 1.29 is 14.6 Å². The Labute approximate surface area is 122 Å². The van der Waals surface area contributed by atoms with Crippen LogP contribution in [0.4, 0.5) is 0 Å². The smallest absolute Gasteiger partial charge is 0.308 e. The molecule has 4 aliphatic carbocycles. The van der Waals surface area contributed by atoms with E-state index >= 15 is 0 Å². The van der Waals surface area contributed by atoms with Gasteiger partial charge in [-0.25, -0.2) is 0 Å². The maximum Gasteiger partial charge on any atom is 0.308 e. The highest BCUT2D eigenvalue weighted by Crippen LogP contribution is 2.65. The van der Waals surface area contributed by atoms with Crippen LogP contribution in [0.5, 0.6) is 0 Å². The minimum atomic E-state index is -0.0405. The molecule has 4 aliphatic rings. The van der Waals surface area contributed by atoms with Crippen LogP contribution in [-0.4, -0.2) is 24.3 Å². The summed E-state index contributed by atoms with van der Waals surface area (Å²) >= 11 is 0. The summed E-state index contributed by atoms with van der Waals surface area (Å²) in [7, 11) is 0. The van der Waals surface area contributed by atoms with Crippen molar-refractivity contribution in [3.8, 4) is 0 Å². The molecule has 4 saturated carbocycles. The van der Waals surface area contributed by atoms with Gasteiger partial charge in [0, 0.05) is 12.0 Å². The van der Waals surface area contributed by atoms with Gasteiger partial charge in [0.15, 0.2) is 0 Å². The third-order valence-electron chi connectivity index (χ3n) is 6.17. The molecule has 20 heavy (non-hydrogen) atoms. The molecule has 0 aromatic carbocycles. The van der Waals surface area contributed by atoms with Gasteiger partial charge in [-0.3, -0.25) is 4.79 Å². The number of esters is 1. The number of aliphatic hydroxyl groups excluding tert-OH is 1. The second-order valence-corrected chi connectivity index (χ2v) is 8.04. The Hall–Kier alpha value is -0.570. The van der Waals surface area contributed by atoms with Crippen molar-refractivity contribution in [2.24, 2.45) is 28.6 Å². The molecule has 0 saturated heterocycles.